The van der Waals surface area contributed by atoms with Crippen LogP contribution in [-0.2, 0) is 4.74 Å². The first-order valence-corrected chi connectivity index (χ1v) is 7.31. The Bertz CT molecular complexity index is 375. The van der Waals surface area contributed by atoms with Gasteiger partial charge in [0.05, 0.1) is 0 Å². The van der Waals surface area contributed by atoms with Crippen LogP contribution in [0.1, 0.15) is 18.4 Å². The molecule has 1 aromatic rings. The number of benzene rings is 1. The smallest absolute Gasteiger partial charge is 0.0469 e. The fraction of sp³-hybridized carbons (Fsp3) is 0.625. The second-order valence-corrected chi connectivity index (χ2v) is 5.61. The van der Waals surface area contributed by atoms with Gasteiger partial charge in [-0.25, -0.2) is 0 Å². The minimum Gasteiger partial charge on any atom is -0.384 e. The van der Waals surface area contributed by atoms with E-state index < -0.39 is 0 Å². The number of likely N-dealkylation sites (N-methyl/N-ethyl adjacent to an activating group) is 1. The van der Waals surface area contributed by atoms with Crippen molar-refractivity contribution in [2.75, 3.05) is 45.2 Å². The zero-order valence-electron chi connectivity index (χ0n) is 12.2. The molecule has 1 saturated heterocycles. The van der Waals surface area contributed by atoms with Gasteiger partial charge in [-0.05, 0) is 50.4 Å². The van der Waals surface area contributed by atoms with Gasteiger partial charge in [-0.2, -0.15) is 0 Å². The Morgan fingerprint density at radius 3 is 2.84 bits per heavy atom. The number of ether oxygens (including phenoxy) is 1. The quantitative estimate of drug-likeness (QED) is 0.853. The Kier molecular flexibility index (Phi) is 5.67. The molecule has 19 heavy (non-hydrogen) atoms. The Morgan fingerprint density at radius 1 is 1.32 bits per heavy atom. The van der Waals surface area contributed by atoms with Gasteiger partial charge < -0.3 is 15.0 Å². The molecular weight excluding hydrogens is 236 g/mol. The number of nitrogens with one attached hydrogen (secondary N) is 1. The summed E-state index contributed by atoms with van der Waals surface area (Å²) in [7, 11) is 2.22. The number of hydrogen-bond donors (Lipinski definition) is 1. The lowest BCUT2D eigenvalue weighted by molar-refractivity contribution is 0.0562. The van der Waals surface area contributed by atoms with E-state index in [1.807, 2.05) is 0 Å². The predicted molar refractivity (Wildman–Crippen MR) is 80.7 cm³/mol. The summed E-state index contributed by atoms with van der Waals surface area (Å²) in [6, 6.07) is 8.55. The maximum atomic E-state index is 5.40. The highest BCUT2D eigenvalue weighted by Gasteiger charge is 2.15. The molecule has 1 heterocycles. The first-order valence-electron chi connectivity index (χ1n) is 7.31. The van der Waals surface area contributed by atoms with Gasteiger partial charge in [0, 0.05) is 38.5 Å². The zero-order chi connectivity index (χ0) is 13.5. The molecular formula is C16H26N2O. The lowest BCUT2D eigenvalue weighted by atomic mass is 10.00. The van der Waals surface area contributed by atoms with Crippen molar-refractivity contribution in [3.63, 3.8) is 0 Å². The van der Waals surface area contributed by atoms with Gasteiger partial charge in [0.15, 0.2) is 0 Å². The van der Waals surface area contributed by atoms with Crippen LogP contribution in [0.3, 0.4) is 0 Å². The van der Waals surface area contributed by atoms with Crippen LogP contribution in [0.15, 0.2) is 24.3 Å². The van der Waals surface area contributed by atoms with E-state index in [0.717, 1.165) is 32.2 Å². The van der Waals surface area contributed by atoms with Crippen LogP contribution < -0.4 is 5.32 Å². The number of aryl methyl sites for hydroxylation is 1. The minimum absolute atomic E-state index is 0.817. The van der Waals surface area contributed by atoms with Crippen LogP contribution in [0.4, 0.5) is 5.69 Å². The number of anilines is 1. The van der Waals surface area contributed by atoms with Crippen LogP contribution in [0.5, 0.6) is 0 Å². The Hall–Kier alpha value is -1.06. The first-order chi connectivity index (χ1) is 9.24. The SMILES string of the molecule is Cc1cccc(NCCN(C)CC2CCOCC2)c1. The van der Waals surface area contributed by atoms with Crippen molar-refractivity contribution in [3.05, 3.63) is 29.8 Å². The number of hydrogen-bond acceptors (Lipinski definition) is 3. The molecule has 3 heteroatoms. The van der Waals surface area contributed by atoms with Gasteiger partial charge in [-0.1, -0.05) is 12.1 Å². The molecule has 0 saturated carbocycles. The molecule has 2 rings (SSSR count). The predicted octanol–water partition coefficient (Wildman–Crippen LogP) is 2.77. The summed E-state index contributed by atoms with van der Waals surface area (Å²) in [5.41, 5.74) is 2.53. The largest absolute Gasteiger partial charge is 0.384 e. The molecule has 1 fully saturated rings. The van der Waals surface area contributed by atoms with Crippen molar-refractivity contribution in [1.82, 2.24) is 4.90 Å². The van der Waals surface area contributed by atoms with E-state index >= 15 is 0 Å². The molecule has 0 atom stereocenters. The molecule has 106 valence electrons. The summed E-state index contributed by atoms with van der Waals surface area (Å²) in [4.78, 5) is 2.43. The summed E-state index contributed by atoms with van der Waals surface area (Å²) < 4.78 is 5.40. The van der Waals surface area contributed by atoms with Gasteiger partial charge in [0.2, 0.25) is 0 Å². The first kappa shape index (κ1) is 14.4. The second-order valence-electron chi connectivity index (χ2n) is 5.61. The third kappa shape index (κ3) is 5.21. The topological polar surface area (TPSA) is 24.5 Å². The van der Waals surface area contributed by atoms with Gasteiger partial charge in [0.25, 0.3) is 0 Å². The maximum Gasteiger partial charge on any atom is 0.0469 e. The number of rotatable bonds is 6. The molecule has 0 bridgehead atoms. The summed E-state index contributed by atoms with van der Waals surface area (Å²) >= 11 is 0. The van der Waals surface area contributed by atoms with Gasteiger partial charge >= 0.3 is 0 Å². The standard InChI is InChI=1S/C16H26N2O/c1-14-4-3-5-16(12-14)17-8-9-18(2)13-15-6-10-19-11-7-15/h3-5,12,15,17H,6-11,13H2,1-2H3. The second kappa shape index (κ2) is 7.51. The van der Waals surface area contributed by atoms with Crippen LogP contribution in [0.25, 0.3) is 0 Å². The van der Waals surface area contributed by atoms with Crippen molar-refractivity contribution >= 4 is 5.69 Å². The summed E-state index contributed by atoms with van der Waals surface area (Å²) in [6.07, 6.45) is 2.44. The van der Waals surface area contributed by atoms with Gasteiger partial charge in [-0.3, -0.25) is 0 Å². The van der Waals surface area contributed by atoms with Crippen LogP contribution in [0, 0.1) is 12.8 Å². The molecule has 3 nitrogen and oxygen atoms in total. The highest BCUT2D eigenvalue weighted by molar-refractivity contribution is 5.45. The Morgan fingerprint density at radius 2 is 2.11 bits per heavy atom. The van der Waals surface area contributed by atoms with Crippen LogP contribution >= 0.6 is 0 Å². The summed E-state index contributed by atoms with van der Waals surface area (Å²) in [6.45, 7) is 7.30. The van der Waals surface area contributed by atoms with Crippen LogP contribution in [-0.4, -0.2) is 44.8 Å². The van der Waals surface area contributed by atoms with Crippen molar-refractivity contribution in [2.24, 2.45) is 5.92 Å². The van der Waals surface area contributed by atoms with E-state index in [0.29, 0.717) is 0 Å². The fourth-order valence-electron chi connectivity index (χ4n) is 2.61. The molecule has 1 aliphatic heterocycles. The summed E-state index contributed by atoms with van der Waals surface area (Å²) in [5, 5.41) is 3.49. The molecule has 0 aromatic heterocycles. The Balaban J connectivity index is 1.64. The zero-order valence-corrected chi connectivity index (χ0v) is 12.2. The molecule has 0 aliphatic carbocycles. The van der Waals surface area contributed by atoms with E-state index in [9.17, 15) is 0 Å². The van der Waals surface area contributed by atoms with Gasteiger partial charge in [-0.15, -0.1) is 0 Å². The average Bonchev–Trinajstić information content (AvgIpc) is 2.40. The molecule has 0 radical (unpaired) electrons. The van der Waals surface area contributed by atoms with Crippen molar-refractivity contribution in [1.29, 1.82) is 0 Å². The van der Waals surface area contributed by atoms with Gasteiger partial charge in [0.1, 0.15) is 0 Å². The fourth-order valence-corrected chi connectivity index (χ4v) is 2.61. The van der Waals surface area contributed by atoms with Crippen molar-refractivity contribution in [3.8, 4) is 0 Å². The Labute approximate surface area is 116 Å². The number of nitrogens with zero attached hydrogens (tertiary/aromatic N) is 1. The van der Waals surface area contributed by atoms with E-state index in [4.69, 9.17) is 4.74 Å². The minimum atomic E-state index is 0.817. The summed E-state index contributed by atoms with van der Waals surface area (Å²) in [5.74, 6) is 0.817. The normalized spacial score (nSPS) is 16.8. The lowest BCUT2D eigenvalue weighted by Crippen LogP contribution is -2.32. The lowest BCUT2D eigenvalue weighted by Gasteiger charge is -2.27. The third-order valence-corrected chi connectivity index (χ3v) is 3.75. The third-order valence-electron chi connectivity index (χ3n) is 3.75. The molecule has 0 spiro atoms. The highest BCUT2D eigenvalue weighted by atomic mass is 16.5. The van der Waals surface area contributed by atoms with Crippen molar-refractivity contribution in [2.45, 2.75) is 19.8 Å². The molecule has 1 N–H and O–H groups in total. The van der Waals surface area contributed by atoms with E-state index in [-0.39, 0.29) is 0 Å². The molecule has 1 aliphatic rings. The van der Waals surface area contributed by atoms with E-state index in [1.165, 1.54) is 30.6 Å². The van der Waals surface area contributed by atoms with Crippen LogP contribution in [0.2, 0.25) is 0 Å². The average molecular weight is 262 g/mol. The molecule has 0 amide bonds. The monoisotopic (exact) mass is 262 g/mol. The van der Waals surface area contributed by atoms with Crippen molar-refractivity contribution < 1.29 is 4.74 Å². The molecule has 0 unspecified atom stereocenters. The molecule has 1 aromatic carbocycles. The van der Waals surface area contributed by atoms with E-state index in [2.05, 4.69) is 48.5 Å². The highest BCUT2D eigenvalue weighted by Crippen LogP contribution is 2.15. The van der Waals surface area contributed by atoms with E-state index in [1.54, 1.807) is 0 Å². The maximum absolute atomic E-state index is 5.40.